The number of hydrogen-bond donors (Lipinski definition) is 1. The van der Waals surface area contributed by atoms with Gasteiger partial charge in [-0.2, -0.15) is 4.98 Å². The van der Waals surface area contributed by atoms with Crippen molar-refractivity contribution in [1.82, 2.24) is 15.0 Å². The van der Waals surface area contributed by atoms with Gasteiger partial charge in [-0.05, 0) is 32.8 Å². The Hall–Kier alpha value is -1.72. The molecule has 1 N–H and O–H groups in total. The Morgan fingerprint density at radius 3 is 2.71 bits per heavy atom. The van der Waals surface area contributed by atoms with Crippen molar-refractivity contribution in [3.05, 3.63) is 35.7 Å². The number of rotatable bonds is 7. The van der Waals surface area contributed by atoms with Crippen molar-refractivity contribution in [3.8, 4) is 11.4 Å². The van der Waals surface area contributed by atoms with E-state index in [0.717, 1.165) is 24.1 Å². The third-order valence-electron chi connectivity index (χ3n) is 3.53. The number of hydrogen-bond acceptors (Lipinski definition) is 5. The quantitative estimate of drug-likeness (QED) is 0.849. The highest BCUT2D eigenvalue weighted by Crippen LogP contribution is 2.20. The average molecular weight is 289 g/mol. The smallest absolute Gasteiger partial charge is 0.241 e. The molecule has 0 bridgehead atoms. The van der Waals surface area contributed by atoms with Crippen molar-refractivity contribution >= 4 is 0 Å². The summed E-state index contributed by atoms with van der Waals surface area (Å²) in [6, 6.07) is 8.36. The molecule has 0 spiro atoms. The highest BCUT2D eigenvalue weighted by atomic mass is 16.5. The first-order valence-corrected chi connectivity index (χ1v) is 7.35. The molecule has 5 nitrogen and oxygen atoms in total. The third-order valence-corrected chi connectivity index (χ3v) is 3.53. The van der Waals surface area contributed by atoms with E-state index < -0.39 is 0 Å². The van der Waals surface area contributed by atoms with Gasteiger partial charge in [0.05, 0.1) is 6.54 Å². The van der Waals surface area contributed by atoms with Gasteiger partial charge in [-0.15, -0.1) is 0 Å². The fourth-order valence-electron chi connectivity index (χ4n) is 2.22. The molecule has 1 aromatic carbocycles. The molecule has 21 heavy (non-hydrogen) atoms. The van der Waals surface area contributed by atoms with E-state index in [1.54, 1.807) is 0 Å². The first kappa shape index (κ1) is 15.7. The maximum atomic E-state index is 8.97. The van der Waals surface area contributed by atoms with Gasteiger partial charge < -0.3 is 9.63 Å². The molecule has 114 valence electrons. The molecular weight excluding hydrogens is 266 g/mol. The van der Waals surface area contributed by atoms with Gasteiger partial charge in [-0.25, -0.2) is 0 Å². The Balaban J connectivity index is 2.10. The monoisotopic (exact) mass is 289 g/mol. The van der Waals surface area contributed by atoms with Crippen LogP contribution in [-0.2, 0) is 6.54 Å². The zero-order chi connectivity index (χ0) is 15.2. The summed E-state index contributed by atoms with van der Waals surface area (Å²) in [6.07, 6.45) is 0.747. The number of aliphatic hydroxyl groups excluding tert-OH is 1. The van der Waals surface area contributed by atoms with Crippen LogP contribution in [0.15, 0.2) is 28.8 Å². The van der Waals surface area contributed by atoms with Crippen LogP contribution in [0.5, 0.6) is 0 Å². The molecule has 5 heteroatoms. The zero-order valence-electron chi connectivity index (χ0n) is 12.9. The van der Waals surface area contributed by atoms with Gasteiger partial charge in [0.1, 0.15) is 0 Å². The SMILES string of the molecule is Cc1ccccc1-c1noc(CN(CCCO)C(C)C)n1. The number of benzene rings is 1. The lowest BCUT2D eigenvalue weighted by Gasteiger charge is -2.24. The third kappa shape index (κ3) is 4.12. The Bertz CT molecular complexity index is 566. The number of aliphatic hydroxyl groups is 1. The van der Waals surface area contributed by atoms with Crippen LogP contribution < -0.4 is 0 Å². The van der Waals surface area contributed by atoms with E-state index in [-0.39, 0.29) is 6.61 Å². The Labute approximate surface area is 125 Å². The van der Waals surface area contributed by atoms with E-state index >= 15 is 0 Å². The van der Waals surface area contributed by atoms with Crippen LogP contribution in [0.25, 0.3) is 11.4 Å². The molecule has 1 heterocycles. The second-order valence-corrected chi connectivity index (χ2v) is 5.47. The van der Waals surface area contributed by atoms with Gasteiger partial charge >= 0.3 is 0 Å². The zero-order valence-corrected chi connectivity index (χ0v) is 12.9. The summed E-state index contributed by atoms with van der Waals surface area (Å²) in [6.45, 7) is 7.90. The highest BCUT2D eigenvalue weighted by molar-refractivity contribution is 5.58. The van der Waals surface area contributed by atoms with Gasteiger partial charge in [0, 0.05) is 24.8 Å². The first-order valence-electron chi connectivity index (χ1n) is 7.35. The van der Waals surface area contributed by atoms with Crippen LogP contribution >= 0.6 is 0 Å². The van der Waals surface area contributed by atoms with Crippen LogP contribution in [0.4, 0.5) is 0 Å². The van der Waals surface area contributed by atoms with Crippen molar-refractivity contribution in [3.63, 3.8) is 0 Å². The minimum atomic E-state index is 0.196. The summed E-state index contributed by atoms with van der Waals surface area (Å²) in [5.41, 5.74) is 2.13. The number of aryl methyl sites for hydroxylation is 1. The Morgan fingerprint density at radius 1 is 1.29 bits per heavy atom. The summed E-state index contributed by atoms with van der Waals surface area (Å²) in [4.78, 5) is 6.70. The van der Waals surface area contributed by atoms with Crippen LogP contribution in [-0.4, -0.2) is 39.3 Å². The molecule has 0 amide bonds. The van der Waals surface area contributed by atoms with Crippen LogP contribution in [0, 0.1) is 6.92 Å². The molecule has 0 aliphatic heterocycles. The molecule has 0 aliphatic rings. The van der Waals surface area contributed by atoms with Gasteiger partial charge in [-0.3, -0.25) is 4.90 Å². The standard InChI is InChI=1S/C16H23N3O2/c1-12(2)19(9-6-10-20)11-15-17-16(18-21-15)14-8-5-4-7-13(14)3/h4-5,7-8,12,20H,6,9-11H2,1-3H3. The molecule has 0 atom stereocenters. The van der Waals surface area contributed by atoms with E-state index in [2.05, 4.69) is 28.9 Å². The number of aromatic nitrogens is 2. The maximum absolute atomic E-state index is 8.97. The molecule has 2 rings (SSSR count). The molecule has 0 fully saturated rings. The van der Waals surface area contributed by atoms with Gasteiger partial charge in [0.2, 0.25) is 11.7 Å². The lowest BCUT2D eigenvalue weighted by molar-refractivity contribution is 0.165. The predicted molar refractivity (Wildman–Crippen MR) is 81.7 cm³/mol. The molecule has 1 aromatic heterocycles. The van der Waals surface area contributed by atoms with E-state index in [1.807, 2.05) is 31.2 Å². The summed E-state index contributed by atoms with van der Waals surface area (Å²) in [7, 11) is 0. The minimum Gasteiger partial charge on any atom is -0.396 e. The van der Waals surface area contributed by atoms with Crippen molar-refractivity contribution in [1.29, 1.82) is 0 Å². The molecule has 2 aromatic rings. The molecule has 0 unspecified atom stereocenters. The molecule has 0 saturated carbocycles. The van der Waals surface area contributed by atoms with Gasteiger partial charge in [0.25, 0.3) is 0 Å². The van der Waals surface area contributed by atoms with E-state index in [1.165, 1.54) is 0 Å². The summed E-state index contributed by atoms with van der Waals surface area (Å²) < 4.78 is 5.37. The molecule has 0 aliphatic carbocycles. The Kier molecular flexibility index (Phi) is 5.47. The topological polar surface area (TPSA) is 62.4 Å². The summed E-state index contributed by atoms with van der Waals surface area (Å²) in [5.74, 6) is 1.24. The van der Waals surface area contributed by atoms with E-state index in [4.69, 9.17) is 9.63 Å². The second-order valence-electron chi connectivity index (χ2n) is 5.47. The second kappa shape index (κ2) is 7.33. The normalized spacial score (nSPS) is 11.5. The summed E-state index contributed by atoms with van der Waals surface area (Å²) >= 11 is 0. The Morgan fingerprint density at radius 2 is 2.05 bits per heavy atom. The largest absolute Gasteiger partial charge is 0.396 e. The van der Waals surface area contributed by atoms with E-state index in [9.17, 15) is 0 Å². The van der Waals surface area contributed by atoms with Gasteiger partial charge in [0.15, 0.2) is 0 Å². The molecule has 0 saturated heterocycles. The average Bonchev–Trinajstić information content (AvgIpc) is 2.92. The molecule has 0 radical (unpaired) electrons. The van der Waals surface area contributed by atoms with Crippen LogP contribution in [0.1, 0.15) is 31.7 Å². The number of nitrogens with zero attached hydrogens (tertiary/aromatic N) is 3. The van der Waals surface area contributed by atoms with Crippen molar-refractivity contribution in [2.45, 2.75) is 39.8 Å². The fourth-order valence-corrected chi connectivity index (χ4v) is 2.22. The van der Waals surface area contributed by atoms with E-state index in [0.29, 0.717) is 24.3 Å². The lowest BCUT2D eigenvalue weighted by Crippen LogP contribution is -2.31. The van der Waals surface area contributed by atoms with Crippen molar-refractivity contribution < 1.29 is 9.63 Å². The van der Waals surface area contributed by atoms with Crippen LogP contribution in [0.3, 0.4) is 0 Å². The highest BCUT2D eigenvalue weighted by Gasteiger charge is 2.15. The maximum Gasteiger partial charge on any atom is 0.241 e. The summed E-state index contributed by atoms with van der Waals surface area (Å²) in [5, 5.41) is 13.0. The first-order chi connectivity index (χ1) is 10.1. The fraction of sp³-hybridized carbons (Fsp3) is 0.500. The van der Waals surface area contributed by atoms with Crippen molar-refractivity contribution in [2.24, 2.45) is 0 Å². The predicted octanol–water partition coefficient (Wildman–Crippen LogP) is 2.64. The van der Waals surface area contributed by atoms with Crippen molar-refractivity contribution in [2.75, 3.05) is 13.2 Å². The molecular formula is C16H23N3O2. The van der Waals surface area contributed by atoms with Crippen LogP contribution in [0.2, 0.25) is 0 Å². The van der Waals surface area contributed by atoms with Gasteiger partial charge in [-0.1, -0.05) is 29.4 Å². The lowest BCUT2D eigenvalue weighted by atomic mass is 10.1. The minimum absolute atomic E-state index is 0.196.